The highest BCUT2D eigenvalue weighted by Gasteiger charge is 2.41. The van der Waals surface area contributed by atoms with Crippen molar-refractivity contribution in [1.29, 1.82) is 0 Å². The third-order valence-electron chi connectivity index (χ3n) is 3.91. The van der Waals surface area contributed by atoms with E-state index in [1.54, 1.807) is 0 Å². The normalized spacial score (nSPS) is 21.8. The number of nitrogens with one attached hydrogen (secondary N) is 1. The fourth-order valence-corrected chi connectivity index (χ4v) is 3.80. The SMILES string of the molecule is C#CCNCC(=O)N1CCc2sccc2C1C1CC1. The highest BCUT2D eigenvalue weighted by molar-refractivity contribution is 7.10. The molecular weight excluding hydrogens is 256 g/mol. The summed E-state index contributed by atoms with van der Waals surface area (Å²) >= 11 is 1.83. The fourth-order valence-electron chi connectivity index (χ4n) is 2.89. The second-order valence-electron chi connectivity index (χ2n) is 5.23. The first-order chi connectivity index (χ1) is 9.31. The van der Waals surface area contributed by atoms with Gasteiger partial charge in [-0.25, -0.2) is 0 Å². The molecular formula is C15H18N2OS. The van der Waals surface area contributed by atoms with E-state index in [4.69, 9.17) is 6.42 Å². The number of nitrogens with zero attached hydrogens (tertiary/aromatic N) is 1. The predicted octanol–water partition coefficient (Wildman–Crippen LogP) is 1.81. The van der Waals surface area contributed by atoms with Crippen molar-refractivity contribution in [2.75, 3.05) is 19.6 Å². The molecule has 1 atom stereocenters. The maximum Gasteiger partial charge on any atom is 0.237 e. The Morgan fingerprint density at radius 1 is 1.58 bits per heavy atom. The van der Waals surface area contributed by atoms with Gasteiger partial charge in [0.1, 0.15) is 0 Å². The number of rotatable bonds is 4. The number of hydrogen-bond acceptors (Lipinski definition) is 3. The van der Waals surface area contributed by atoms with Gasteiger partial charge in [0.05, 0.1) is 19.1 Å². The second kappa shape index (κ2) is 5.36. The zero-order chi connectivity index (χ0) is 13.2. The Balaban J connectivity index is 1.74. The molecule has 1 aromatic rings. The Morgan fingerprint density at radius 2 is 2.42 bits per heavy atom. The summed E-state index contributed by atoms with van der Waals surface area (Å²) < 4.78 is 0. The summed E-state index contributed by atoms with van der Waals surface area (Å²) in [6.45, 7) is 1.66. The van der Waals surface area contributed by atoms with E-state index in [1.807, 2.05) is 11.3 Å². The van der Waals surface area contributed by atoms with Crippen molar-refractivity contribution in [3.8, 4) is 12.3 Å². The van der Waals surface area contributed by atoms with E-state index < -0.39 is 0 Å². The van der Waals surface area contributed by atoms with Gasteiger partial charge in [0.15, 0.2) is 0 Å². The third kappa shape index (κ3) is 2.54. The summed E-state index contributed by atoms with van der Waals surface area (Å²) in [6, 6.07) is 2.52. The van der Waals surface area contributed by atoms with Crippen LogP contribution in [-0.2, 0) is 11.2 Å². The van der Waals surface area contributed by atoms with Gasteiger partial charge < -0.3 is 4.90 Å². The maximum absolute atomic E-state index is 12.3. The zero-order valence-electron chi connectivity index (χ0n) is 10.9. The first-order valence-electron chi connectivity index (χ1n) is 6.81. The molecule has 1 N–H and O–H groups in total. The van der Waals surface area contributed by atoms with Crippen LogP contribution in [0.5, 0.6) is 0 Å². The minimum atomic E-state index is 0.184. The molecule has 1 amide bonds. The van der Waals surface area contributed by atoms with Crippen LogP contribution in [0.2, 0.25) is 0 Å². The summed E-state index contributed by atoms with van der Waals surface area (Å²) in [4.78, 5) is 15.9. The molecule has 1 aliphatic carbocycles. The number of carbonyl (C=O) groups excluding carboxylic acids is 1. The molecule has 1 aromatic heterocycles. The summed E-state index contributed by atoms with van der Waals surface area (Å²) in [5, 5.41) is 5.16. The molecule has 0 radical (unpaired) electrons. The minimum Gasteiger partial charge on any atom is -0.334 e. The number of amides is 1. The van der Waals surface area contributed by atoms with Crippen LogP contribution in [0.3, 0.4) is 0 Å². The average molecular weight is 274 g/mol. The fraction of sp³-hybridized carbons (Fsp3) is 0.533. The van der Waals surface area contributed by atoms with Crippen molar-refractivity contribution in [2.24, 2.45) is 5.92 Å². The molecule has 3 nitrogen and oxygen atoms in total. The molecule has 1 unspecified atom stereocenters. The number of terminal acetylenes is 1. The van der Waals surface area contributed by atoms with Gasteiger partial charge in [-0.15, -0.1) is 17.8 Å². The molecule has 0 aromatic carbocycles. The maximum atomic E-state index is 12.3. The Kier molecular flexibility index (Phi) is 3.58. The smallest absolute Gasteiger partial charge is 0.237 e. The minimum absolute atomic E-state index is 0.184. The molecule has 0 saturated heterocycles. The lowest BCUT2D eigenvalue weighted by Crippen LogP contribution is -2.44. The van der Waals surface area contributed by atoms with Gasteiger partial charge >= 0.3 is 0 Å². The lowest BCUT2D eigenvalue weighted by Gasteiger charge is -2.36. The monoisotopic (exact) mass is 274 g/mol. The largest absolute Gasteiger partial charge is 0.334 e. The van der Waals surface area contributed by atoms with Crippen LogP contribution < -0.4 is 5.32 Å². The van der Waals surface area contributed by atoms with Gasteiger partial charge in [-0.3, -0.25) is 10.1 Å². The molecule has 2 aliphatic rings. The Labute approximate surface area is 118 Å². The number of hydrogen-bond donors (Lipinski definition) is 1. The highest BCUT2D eigenvalue weighted by Crippen LogP contribution is 2.48. The summed E-state index contributed by atoms with van der Waals surface area (Å²) in [5.41, 5.74) is 1.39. The average Bonchev–Trinajstić information content (AvgIpc) is 3.14. The first kappa shape index (κ1) is 12.7. The van der Waals surface area contributed by atoms with Gasteiger partial charge in [0, 0.05) is 11.4 Å². The molecule has 1 fully saturated rings. The second-order valence-corrected chi connectivity index (χ2v) is 6.23. The molecule has 0 bridgehead atoms. The van der Waals surface area contributed by atoms with Crippen LogP contribution >= 0.6 is 11.3 Å². The summed E-state index contributed by atoms with van der Waals surface area (Å²) in [6.07, 6.45) is 8.69. The van der Waals surface area contributed by atoms with Crippen molar-refractivity contribution in [1.82, 2.24) is 10.2 Å². The molecule has 3 rings (SSSR count). The van der Waals surface area contributed by atoms with Crippen molar-refractivity contribution in [2.45, 2.75) is 25.3 Å². The van der Waals surface area contributed by atoms with Crippen molar-refractivity contribution >= 4 is 17.2 Å². The Bertz CT molecular complexity index is 512. The van der Waals surface area contributed by atoms with Crippen molar-refractivity contribution < 1.29 is 4.79 Å². The van der Waals surface area contributed by atoms with E-state index in [1.165, 1.54) is 23.3 Å². The third-order valence-corrected chi connectivity index (χ3v) is 4.90. The van der Waals surface area contributed by atoms with E-state index in [0.29, 0.717) is 25.0 Å². The van der Waals surface area contributed by atoms with Crippen LogP contribution in [0.15, 0.2) is 11.4 Å². The summed E-state index contributed by atoms with van der Waals surface area (Å²) in [7, 11) is 0. The topological polar surface area (TPSA) is 32.3 Å². The first-order valence-corrected chi connectivity index (χ1v) is 7.69. The van der Waals surface area contributed by atoms with E-state index >= 15 is 0 Å². The van der Waals surface area contributed by atoms with Gasteiger partial charge in [0.2, 0.25) is 5.91 Å². The van der Waals surface area contributed by atoms with Crippen LogP contribution in [0.4, 0.5) is 0 Å². The highest BCUT2D eigenvalue weighted by atomic mass is 32.1. The predicted molar refractivity (Wildman–Crippen MR) is 76.9 cm³/mol. The van der Waals surface area contributed by atoms with Gasteiger partial charge in [0.25, 0.3) is 0 Å². The number of carbonyl (C=O) groups is 1. The molecule has 1 aliphatic heterocycles. The van der Waals surface area contributed by atoms with Gasteiger partial charge in [-0.1, -0.05) is 5.92 Å². The lowest BCUT2D eigenvalue weighted by molar-refractivity contribution is -0.133. The van der Waals surface area contributed by atoms with Crippen molar-refractivity contribution in [3.63, 3.8) is 0 Å². The summed E-state index contributed by atoms with van der Waals surface area (Å²) in [5.74, 6) is 3.36. The zero-order valence-corrected chi connectivity index (χ0v) is 11.7. The van der Waals surface area contributed by atoms with Crippen LogP contribution in [-0.4, -0.2) is 30.4 Å². The van der Waals surface area contributed by atoms with Crippen molar-refractivity contribution in [3.05, 3.63) is 21.9 Å². The Hall–Kier alpha value is -1.31. The molecule has 0 spiro atoms. The number of thiophene rings is 1. The quantitative estimate of drug-likeness (QED) is 0.671. The molecule has 2 heterocycles. The molecule has 100 valence electrons. The van der Waals surface area contributed by atoms with E-state index in [0.717, 1.165) is 13.0 Å². The number of fused-ring (bicyclic) bond motifs is 1. The van der Waals surface area contributed by atoms with E-state index in [9.17, 15) is 4.79 Å². The van der Waals surface area contributed by atoms with E-state index in [-0.39, 0.29) is 5.91 Å². The van der Waals surface area contributed by atoms with Crippen LogP contribution in [0, 0.1) is 18.3 Å². The van der Waals surface area contributed by atoms with Crippen LogP contribution in [0.1, 0.15) is 29.3 Å². The van der Waals surface area contributed by atoms with Gasteiger partial charge in [-0.2, -0.15) is 0 Å². The van der Waals surface area contributed by atoms with E-state index in [2.05, 4.69) is 27.6 Å². The Morgan fingerprint density at radius 3 is 3.16 bits per heavy atom. The molecule has 1 saturated carbocycles. The van der Waals surface area contributed by atoms with Crippen LogP contribution in [0.25, 0.3) is 0 Å². The standard InChI is InChI=1S/C15H18N2OS/c1-2-7-16-10-14(18)17-8-5-13-12(6-9-19-13)15(17)11-3-4-11/h1,6,9,11,15-16H,3-5,7-8,10H2. The van der Waals surface area contributed by atoms with Gasteiger partial charge in [-0.05, 0) is 42.2 Å². The molecule has 19 heavy (non-hydrogen) atoms. The lowest BCUT2D eigenvalue weighted by atomic mass is 9.96. The molecule has 4 heteroatoms.